The summed E-state index contributed by atoms with van der Waals surface area (Å²) in [6.45, 7) is 4.71. The van der Waals surface area contributed by atoms with Gasteiger partial charge in [0.05, 0.1) is 7.11 Å². The highest BCUT2D eigenvalue weighted by molar-refractivity contribution is 5.27. The molecule has 0 heterocycles. The lowest BCUT2D eigenvalue weighted by molar-refractivity contribution is 0.0866. The number of hydrogen-bond acceptors (Lipinski definition) is 2. The molecule has 2 nitrogen and oxygen atoms in total. The SMILES string of the molecule is CCC(CC)c1ccc(CNOC)cc1F. The van der Waals surface area contributed by atoms with Crippen LogP contribution in [0.1, 0.15) is 43.7 Å². The number of benzene rings is 1. The van der Waals surface area contributed by atoms with Crippen molar-refractivity contribution < 1.29 is 9.23 Å². The first-order valence-corrected chi connectivity index (χ1v) is 5.77. The molecule has 1 N–H and O–H groups in total. The van der Waals surface area contributed by atoms with E-state index in [0.29, 0.717) is 12.5 Å². The third kappa shape index (κ3) is 3.29. The van der Waals surface area contributed by atoms with Crippen LogP contribution in [0.5, 0.6) is 0 Å². The number of hydroxylamine groups is 1. The molecular formula is C13H20FNO. The minimum Gasteiger partial charge on any atom is -0.305 e. The Hall–Kier alpha value is -0.930. The Kier molecular flexibility index (Phi) is 5.43. The van der Waals surface area contributed by atoms with Gasteiger partial charge in [-0.2, -0.15) is 5.48 Å². The predicted molar refractivity (Wildman–Crippen MR) is 63.6 cm³/mol. The van der Waals surface area contributed by atoms with Gasteiger partial charge in [-0.3, -0.25) is 0 Å². The lowest BCUT2D eigenvalue weighted by atomic mass is 9.93. The van der Waals surface area contributed by atoms with Crippen LogP contribution >= 0.6 is 0 Å². The average Bonchev–Trinajstić information content (AvgIpc) is 2.30. The van der Waals surface area contributed by atoms with Gasteiger partial charge in [-0.25, -0.2) is 4.39 Å². The van der Waals surface area contributed by atoms with E-state index in [-0.39, 0.29) is 5.82 Å². The Morgan fingerprint density at radius 3 is 2.50 bits per heavy atom. The number of nitrogens with one attached hydrogen (secondary N) is 1. The molecule has 1 aromatic rings. The predicted octanol–water partition coefficient (Wildman–Crippen LogP) is 3.38. The van der Waals surface area contributed by atoms with E-state index < -0.39 is 0 Å². The molecule has 0 aliphatic heterocycles. The van der Waals surface area contributed by atoms with E-state index in [1.165, 1.54) is 0 Å². The fraction of sp³-hybridized carbons (Fsp3) is 0.538. The van der Waals surface area contributed by atoms with Crippen molar-refractivity contribution in [2.75, 3.05) is 7.11 Å². The largest absolute Gasteiger partial charge is 0.305 e. The lowest BCUT2D eigenvalue weighted by Crippen LogP contribution is -2.11. The van der Waals surface area contributed by atoms with E-state index in [2.05, 4.69) is 19.3 Å². The molecule has 16 heavy (non-hydrogen) atoms. The molecule has 1 aromatic carbocycles. The molecule has 0 spiro atoms. The first-order valence-electron chi connectivity index (χ1n) is 5.77. The molecule has 0 saturated carbocycles. The molecule has 0 fully saturated rings. The van der Waals surface area contributed by atoms with Crippen LogP contribution in [0.2, 0.25) is 0 Å². The zero-order valence-electron chi connectivity index (χ0n) is 10.2. The lowest BCUT2D eigenvalue weighted by Gasteiger charge is -2.14. The summed E-state index contributed by atoms with van der Waals surface area (Å²) in [5, 5.41) is 0. The monoisotopic (exact) mass is 225 g/mol. The summed E-state index contributed by atoms with van der Waals surface area (Å²) in [4.78, 5) is 4.73. The van der Waals surface area contributed by atoms with Crippen LogP contribution in [-0.4, -0.2) is 7.11 Å². The van der Waals surface area contributed by atoms with Gasteiger partial charge in [0, 0.05) is 6.54 Å². The van der Waals surface area contributed by atoms with Crippen LogP contribution in [0.4, 0.5) is 4.39 Å². The summed E-state index contributed by atoms with van der Waals surface area (Å²) < 4.78 is 13.8. The zero-order valence-corrected chi connectivity index (χ0v) is 10.2. The number of halogens is 1. The minimum atomic E-state index is -0.107. The molecule has 1 rings (SSSR count). The van der Waals surface area contributed by atoms with Crippen molar-refractivity contribution in [3.05, 3.63) is 35.1 Å². The average molecular weight is 225 g/mol. The maximum Gasteiger partial charge on any atom is 0.127 e. The van der Waals surface area contributed by atoms with E-state index in [4.69, 9.17) is 4.84 Å². The van der Waals surface area contributed by atoms with Crippen LogP contribution in [0.25, 0.3) is 0 Å². The summed E-state index contributed by atoms with van der Waals surface area (Å²) >= 11 is 0. The van der Waals surface area contributed by atoms with Crippen LogP contribution in [0, 0.1) is 5.82 Å². The van der Waals surface area contributed by atoms with Crippen molar-refractivity contribution in [1.82, 2.24) is 5.48 Å². The highest BCUT2D eigenvalue weighted by Crippen LogP contribution is 2.25. The Labute approximate surface area is 96.8 Å². The molecule has 0 bridgehead atoms. The summed E-state index contributed by atoms with van der Waals surface area (Å²) in [7, 11) is 1.55. The van der Waals surface area contributed by atoms with Crippen LogP contribution in [0.3, 0.4) is 0 Å². The topological polar surface area (TPSA) is 21.3 Å². The summed E-state index contributed by atoms with van der Waals surface area (Å²) in [5.74, 6) is 0.216. The third-order valence-corrected chi connectivity index (χ3v) is 2.91. The second-order valence-corrected chi connectivity index (χ2v) is 3.89. The van der Waals surface area contributed by atoms with Crippen LogP contribution in [-0.2, 0) is 11.4 Å². The molecule has 0 unspecified atom stereocenters. The first-order chi connectivity index (χ1) is 7.72. The molecule has 0 atom stereocenters. The van der Waals surface area contributed by atoms with E-state index in [0.717, 1.165) is 24.0 Å². The molecular weight excluding hydrogens is 205 g/mol. The van der Waals surface area contributed by atoms with Crippen LogP contribution in [0.15, 0.2) is 18.2 Å². The van der Waals surface area contributed by atoms with E-state index in [9.17, 15) is 4.39 Å². The van der Waals surface area contributed by atoms with E-state index in [1.54, 1.807) is 13.2 Å². The van der Waals surface area contributed by atoms with Gasteiger partial charge in [-0.05, 0) is 36.0 Å². The molecule has 0 aliphatic rings. The summed E-state index contributed by atoms with van der Waals surface area (Å²) in [5.41, 5.74) is 4.42. The van der Waals surface area contributed by atoms with Crippen molar-refractivity contribution in [3.63, 3.8) is 0 Å². The minimum absolute atomic E-state index is 0.107. The Balaban J connectivity index is 2.82. The van der Waals surface area contributed by atoms with Crippen molar-refractivity contribution in [1.29, 1.82) is 0 Å². The second kappa shape index (κ2) is 6.61. The van der Waals surface area contributed by atoms with Crippen LogP contribution < -0.4 is 5.48 Å². The van der Waals surface area contributed by atoms with Gasteiger partial charge < -0.3 is 4.84 Å². The quantitative estimate of drug-likeness (QED) is 0.749. The molecule has 0 aromatic heterocycles. The van der Waals surface area contributed by atoms with Gasteiger partial charge in [0.1, 0.15) is 5.82 Å². The van der Waals surface area contributed by atoms with Gasteiger partial charge in [0.15, 0.2) is 0 Å². The van der Waals surface area contributed by atoms with Gasteiger partial charge >= 0.3 is 0 Å². The molecule has 90 valence electrons. The van der Waals surface area contributed by atoms with Crippen molar-refractivity contribution in [2.45, 2.75) is 39.2 Å². The fourth-order valence-electron chi connectivity index (χ4n) is 1.90. The van der Waals surface area contributed by atoms with E-state index in [1.807, 2.05) is 12.1 Å². The molecule has 0 saturated heterocycles. The number of hydrogen-bond donors (Lipinski definition) is 1. The van der Waals surface area contributed by atoms with Gasteiger partial charge in [0.25, 0.3) is 0 Å². The second-order valence-electron chi connectivity index (χ2n) is 3.89. The molecule has 0 aliphatic carbocycles. The summed E-state index contributed by atoms with van der Waals surface area (Å²) in [6.07, 6.45) is 1.95. The van der Waals surface area contributed by atoms with Crippen molar-refractivity contribution in [2.24, 2.45) is 0 Å². The Morgan fingerprint density at radius 2 is 2.00 bits per heavy atom. The maximum atomic E-state index is 13.8. The Bertz CT molecular complexity index is 324. The highest BCUT2D eigenvalue weighted by atomic mass is 19.1. The third-order valence-electron chi connectivity index (χ3n) is 2.91. The number of rotatable bonds is 6. The van der Waals surface area contributed by atoms with E-state index >= 15 is 0 Å². The maximum absolute atomic E-state index is 13.8. The molecule has 0 radical (unpaired) electrons. The smallest absolute Gasteiger partial charge is 0.127 e. The first kappa shape index (κ1) is 13.1. The van der Waals surface area contributed by atoms with Crippen molar-refractivity contribution >= 4 is 0 Å². The Morgan fingerprint density at radius 1 is 1.31 bits per heavy atom. The fourth-order valence-corrected chi connectivity index (χ4v) is 1.90. The highest BCUT2D eigenvalue weighted by Gasteiger charge is 2.12. The van der Waals surface area contributed by atoms with Gasteiger partial charge in [0.2, 0.25) is 0 Å². The molecule has 3 heteroatoms. The zero-order chi connectivity index (χ0) is 12.0. The summed E-state index contributed by atoms with van der Waals surface area (Å²) in [6, 6.07) is 5.42. The standard InChI is InChI=1S/C13H20FNO/c1-4-11(5-2)12-7-6-10(8-13(12)14)9-15-16-3/h6-8,11,15H,4-5,9H2,1-3H3. The van der Waals surface area contributed by atoms with Gasteiger partial charge in [-0.1, -0.05) is 26.0 Å². The normalized spacial score (nSPS) is 11.1. The van der Waals surface area contributed by atoms with Crippen molar-refractivity contribution in [3.8, 4) is 0 Å². The molecule has 0 amide bonds. The van der Waals surface area contributed by atoms with Gasteiger partial charge in [-0.15, -0.1) is 0 Å².